The van der Waals surface area contributed by atoms with E-state index in [-0.39, 0.29) is 16.8 Å². The van der Waals surface area contributed by atoms with Gasteiger partial charge in [-0.05, 0) is 44.5 Å². The van der Waals surface area contributed by atoms with Crippen molar-refractivity contribution in [3.05, 3.63) is 29.8 Å². The summed E-state index contributed by atoms with van der Waals surface area (Å²) in [5, 5.41) is 6.34. The third-order valence-electron chi connectivity index (χ3n) is 4.58. The highest BCUT2D eigenvalue weighted by Gasteiger charge is 2.30. The van der Waals surface area contributed by atoms with E-state index in [4.69, 9.17) is 0 Å². The fourth-order valence-corrected chi connectivity index (χ4v) is 4.46. The Kier molecular flexibility index (Phi) is 5.39. The molecule has 25 heavy (non-hydrogen) atoms. The van der Waals surface area contributed by atoms with Crippen LogP contribution in [0.25, 0.3) is 0 Å². The molecule has 0 aromatic heterocycles. The lowest BCUT2D eigenvalue weighted by Crippen LogP contribution is -2.42. The number of amidine groups is 1. The molecule has 0 radical (unpaired) electrons. The van der Waals surface area contributed by atoms with Crippen LogP contribution in [0.15, 0.2) is 33.6 Å². The van der Waals surface area contributed by atoms with Crippen LogP contribution >= 0.6 is 0 Å². The van der Waals surface area contributed by atoms with Gasteiger partial charge in [0.2, 0.25) is 5.91 Å². The number of rotatable bonds is 5. The molecular formula is C17H24N4O3S. The van der Waals surface area contributed by atoms with Crippen molar-refractivity contribution in [2.75, 3.05) is 26.7 Å². The Morgan fingerprint density at radius 1 is 1.32 bits per heavy atom. The molecule has 1 saturated heterocycles. The molecule has 8 heteroatoms. The number of hydrogen-bond acceptors (Lipinski definition) is 5. The SMILES string of the molecule is CN(CCCC(=O)NC1CCNCC1)C1=NS(=O)(=O)c2ccccc21. The van der Waals surface area contributed by atoms with Crippen molar-refractivity contribution in [1.29, 1.82) is 0 Å². The number of carbonyl (C=O) groups excluding carboxylic acids is 1. The number of nitrogens with zero attached hydrogens (tertiary/aromatic N) is 2. The Morgan fingerprint density at radius 2 is 2.04 bits per heavy atom. The number of nitrogens with one attached hydrogen (secondary N) is 2. The van der Waals surface area contributed by atoms with Gasteiger partial charge >= 0.3 is 0 Å². The van der Waals surface area contributed by atoms with Crippen LogP contribution in [0.5, 0.6) is 0 Å². The molecule has 0 aliphatic carbocycles. The summed E-state index contributed by atoms with van der Waals surface area (Å²) in [6, 6.07) is 7.10. The van der Waals surface area contributed by atoms with Crippen molar-refractivity contribution >= 4 is 21.8 Å². The fraction of sp³-hybridized carbons (Fsp3) is 0.529. The number of amides is 1. The predicted molar refractivity (Wildman–Crippen MR) is 96.1 cm³/mol. The molecule has 7 nitrogen and oxygen atoms in total. The van der Waals surface area contributed by atoms with E-state index >= 15 is 0 Å². The van der Waals surface area contributed by atoms with Crippen molar-refractivity contribution in [1.82, 2.24) is 15.5 Å². The first kappa shape index (κ1) is 17.9. The Bertz CT molecular complexity index is 770. The van der Waals surface area contributed by atoms with Crippen LogP contribution in [0, 0.1) is 0 Å². The third-order valence-corrected chi connectivity index (χ3v) is 5.90. The lowest BCUT2D eigenvalue weighted by atomic mass is 10.1. The second-order valence-corrected chi connectivity index (χ2v) is 8.08. The first-order valence-electron chi connectivity index (χ1n) is 8.63. The van der Waals surface area contributed by atoms with E-state index in [1.54, 1.807) is 36.2 Å². The highest BCUT2D eigenvalue weighted by atomic mass is 32.2. The normalized spacial score (nSPS) is 19.2. The van der Waals surface area contributed by atoms with Crippen molar-refractivity contribution in [3.63, 3.8) is 0 Å². The van der Waals surface area contributed by atoms with Crippen molar-refractivity contribution in [2.45, 2.75) is 36.6 Å². The van der Waals surface area contributed by atoms with Gasteiger partial charge in [-0.1, -0.05) is 12.1 Å². The first-order valence-corrected chi connectivity index (χ1v) is 10.1. The van der Waals surface area contributed by atoms with Crippen LogP contribution in [0.3, 0.4) is 0 Å². The molecule has 2 aliphatic rings. The summed E-state index contributed by atoms with van der Waals surface area (Å²) in [6.45, 7) is 2.46. The van der Waals surface area contributed by atoms with Crippen molar-refractivity contribution in [2.24, 2.45) is 4.40 Å². The maximum absolute atomic E-state index is 12.1. The van der Waals surface area contributed by atoms with Crippen molar-refractivity contribution < 1.29 is 13.2 Å². The maximum atomic E-state index is 12.1. The summed E-state index contributed by atoms with van der Waals surface area (Å²) in [4.78, 5) is 14.1. The van der Waals surface area contributed by atoms with Gasteiger partial charge in [0.1, 0.15) is 10.7 Å². The molecule has 0 saturated carbocycles. The summed E-state index contributed by atoms with van der Waals surface area (Å²) in [5.74, 6) is 0.510. The molecular weight excluding hydrogens is 340 g/mol. The van der Waals surface area contributed by atoms with E-state index in [9.17, 15) is 13.2 Å². The zero-order valence-electron chi connectivity index (χ0n) is 14.4. The van der Waals surface area contributed by atoms with E-state index < -0.39 is 10.0 Å². The fourth-order valence-electron chi connectivity index (χ4n) is 3.21. The summed E-state index contributed by atoms with van der Waals surface area (Å²) < 4.78 is 28.1. The minimum atomic E-state index is -3.60. The maximum Gasteiger partial charge on any atom is 0.285 e. The molecule has 0 spiro atoms. The Morgan fingerprint density at radius 3 is 2.80 bits per heavy atom. The number of carbonyl (C=O) groups is 1. The van der Waals surface area contributed by atoms with E-state index in [0.29, 0.717) is 30.8 Å². The minimum absolute atomic E-state index is 0.0571. The summed E-state index contributed by atoms with van der Waals surface area (Å²) in [7, 11) is -1.79. The van der Waals surface area contributed by atoms with Crippen LogP contribution in [0.1, 0.15) is 31.2 Å². The Balaban J connectivity index is 1.51. The highest BCUT2D eigenvalue weighted by Crippen LogP contribution is 2.26. The van der Waals surface area contributed by atoms with E-state index in [0.717, 1.165) is 25.9 Å². The number of sulfonamides is 1. The van der Waals surface area contributed by atoms with Crippen LogP contribution in [-0.4, -0.2) is 57.8 Å². The van der Waals surface area contributed by atoms with Gasteiger partial charge in [0.15, 0.2) is 0 Å². The molecule has 0 atom stereocenters. The van der Waals surface area contributed by atoms with Gasteiger partial charge in [0.25, 0.3) is 10.0 Å². The summed E-state index contributed by atoms with van der Waals surface area (Å²) in [5.41, 5.74) is 0.629. The smallest absolute Gasteiger partial charge is 0.285 e. The van der Waals surface area contributed by atoms with Gasteiger partial charge in [-0.2, -0.15) is 8.42 Å². The molecule has 1 aromatic carbocycles. The topological polar surface area (TPSA) is 90.9 Å². The van der Waals surface area contributed by atoms with Crippen LogP contribution in [0.2, 0.25) is 0 Å². The standard InChI is InChI=1S/C17H24N4O3S/c1-21(12-4-7-16(22)19-13-8-10-18-11-9-13)17-14-5-2-3-6-15(14)25(23,24)20-17/h2-3,5-6,13,18H,4,7-12H2,1H3,(H,19,22). The van der Waals surface area contributed by atoms with Gasteiger partial charge in [-0.3, -0.25) is 4.79 Å². The van der Waals surface area contributed by atoms with Gasteiger partial charge in [-0.15, -0.1) is 4.40 Å². The van der Waals surface area contributed by atoms with E-state index in [2.05, 4.69) is 15.0 Å². The lowest BCUT2D eigenvalue weighted by molar-refractivity contribution is -0.122. The average molecular weight is 364 g/mol. The minimum Gasteiger partial charge on any atom is -0.358 e. The van der Waals surface area contributed by atoms with Crippen LogP contribution < -0.4 is 10.6 Å². The zero-order valence-corrected chi connectivity index (χ0v) is 15.2. The second kappa shape index (κ2) is 7.53. The largest absolute Gasteiger partial charge is 0.358 e. The van der Waals surface area contributed by atoms with Crippen LogP contribution in [-0.2, 0) is 14.8 Å². The van der Waals surface area contributed by atoms with E-state index in [1.807, 2.05) is 0 Å². The molecule has 2 N–H and O–H groups in total. The predicted octanol–water partition coefficient (Wildman–Crippen LogP) is 0.716. The molecule has 2 aliphatic heterocycles. The van der Waals surface area contributed by atoms with Gasteiger partial charge in [0.05, 0.1) is 0 Å². The summed E-state index contributed by atoms with van der Waals surface area (Å²) in [6.07, 6.45) is 3.01. The monoisotopic (exact) mass is 364 g/mol. The van der Waals surface area contributed by atoms with E-state index in [1.165, 1.54) is 0 Å². The summed E-state index contributed by atoms with van der Waals surface area (Å²) >= 11 is 0. The van der Waals surface area contributed by atoms with Gasteiger partial charge in [0, 0.05) is 31.6 Å². The highest BCUT2D eigenvalue weighted by molar-refractivity contribution is 7.90. The van der Waals surface area contributed by atoms with Gasteiger partial charge < -0.3 is 15.5 Å². The molecule has 0 bridgehead atoms. The lowest BCUT2D eigenvalue weighted by Gasteiger charge is -2.24. The Hall–Kier alpha value is -1.93. The number of fused-ring (bicyclic) bond motifs is 1. The zero-order chi connectivity index (χ0) is 17.9. The van der Waals surface area contributed by atoms with Crippen molar-refractivity contribution in [3.8, 4) is 0 Å². The number of hydrogen-bond donors (Lipinski definition) is 2. The quantitative estimate of drug-likeness (QED) is 0.803. The molecule has 1 fully saturated rings. The second-order valence-electron chi connectivity index (χ2n) is 6.50. The number of benzene rings is 1. The number of piperidine rings is 1. The molecule has 1 aromatic rings. The van der Waals surface area contributed by atoms with Crippen LogP contribution in [0.4, 0.5) is 0 Å². The molecule has 3 rings (SSSR count). The molecule has 0 unspecified atom stereocenters. The Labute approximate surface area is 148 Å². The average Bonchev–Trinajstić information content (AvgIpc) is 2.88. The first-order chi connectivity index (χ1) is 12.0. The van der Waals surface area contributed by atoms with Gasteiger partial charge in [-0.25, -0.2) is 0 Å². The molecule has 136 valence electrons. The molecule has 2 heterocycles. The molecule has 1 amide bonds. The third kappa shape index (κ3) is 4.19.